The maximum atomic E-state index is 5.62. The fourth-order valence-corrected chi connectivity index (χ4v) is 3.12. The van der Waals surface area contributed by atoms with Crippen LogP contribution in [-0.4, -0.2) is 51.8 Å². The number of ether oxygens (including phenoxy) is 1. The Morgan fingerprint density at radius 1 is 1.24 bits per heavy atom. The number of nitrogens with zero attached hydrogens (tertiary/aromatic N) is 2. The van der Waals surface area contributed by atoms with Gasteiger partial charge in [0.05, 0.1) is 7.11 Å². The summed E-state index contributed by atoms with van der Waals surface area (Å²) >= 11 is 0. The lowest BCUT2D eigenvalue weighted by molar-refractivity contribution is 0.360. The van der Waals surface area contributed by atoms with Crippen molar-refractivity contribution in [3.8, 4) is 5.75 Å². The van der Waals surface area contributed by atoms with Crippen LogP contribution in [0.25, 0.3) is 0 Å². The van der Waals surface area contributed by atoms with Crippen molar-refractivity contribution in [3.63, 3.8) is 0 Å². The molecule has 1 aromatic rings. The van der Waals surface area contributed by atoms with Crippen LogP contribution in [0.15, 0.2) is 18.2 Å². The van der Waals surface area contributed by atoms with Gasteiger partial charge in [0.1, 0.15) is 5.75 Å². The van der Waals surface area contributed by atoms with Gasteiger partial charge in [0.2, 0.25) is 0 Å². The molecule has 1 fully saturated rings. The largest absolute Gasteiger partial charge is 0.496 e. The van der Waals surface area contributed by atoms with Crippen molar-refractivity contribution < 1.29 is 4.74 Å². The van der Waals surface area contributed by atoms with Crippen LogP contribution < -0.4 is 15.0 Å². The van der Waals surface area contributed by atoms with Crippen molar-refractivity contribution in [1.82, 2.24) is 10.2 Å². The Morgan fingerprint density at radius 2 is 2.05 bits per heavy atom. The lowest BCUT2D eigenvalue weighted by atomic mass is 10.0. The summed E-state index contributed by atoms with van der Waals surface area (Å²) in [5.74, 6) is 0.985. The van der Waals surface area contributed by atoms with Crippen LogP contribution in [0.5, 0.6) is 5.75 Å². The normalized spacial score (nSPS) is 18.4. The minimum atomic E-state index is 0.294. The van der Waals surface area contributed by atoms with Crippen LogP contribution in [0, 0.1) is 0 Å². The van der Waals surface area contributed by atoms with Gasteiger partial charge in [0.25, 0.3) is 0 Å². The summed E-state index contributed by atoms with van der Waals surface area (Å²) in [6.45, 7) is 9.81. The molecule has 0 aromatic heterocycles. The minimum Gasteiger partial charge on any atom is -0.496 e. The summed E-state index contributed by atoms with van der Waals surface area (Å²) in [4.78, 5) is 4.92. The summed E-state index contributed by atoms with van der Waals surface area (Å²) in [6.07, 6.45) is 1.21. The highest BCUT2D eigenvalue weighted by molar-refractivity contribution is 5.61. The first-order chi connectivity index (χ1) is 10.2. The summed E-state index contributed by atoms with van der Waals surface area (Å²) in [5.41, 5.74) is 2.60. The van der Waals surface area contributed by atoms with Crippen molar-refractivity contribution in [2.45, 2.75) is 26.3 Å². The summed E-state index contributed by atoms with van der Waals surface area (Å²) in [7, 11) is 3.97. The van der Waals surface area contributed by atoms with E-state index in [4.69, 9.17) is 4.74 Å². The van der Waals surface area contributed by atoms with Crippen molar-refractivity contribution in [2.75, 3.05) is 51.8 Å². The maximum Gasteiger partial charge on any atom is 0.125 e. The Bertz CT molecular complexity index is 450. The van der Waals surface area contributed by atoms with Crippen LogP contribution in [-0.2, 0) is 0 Å². The second-order valence-corrected chi connectivity index (χ2v) is 5.82. The highest BCUT2D eigenvalue weighted by Crippen LogP contribution is 2.35. The molecule has 1 aliphatic heterocycles. The topological polar surface area (TPSA) is 27.7 Å². The molecule has 1 aliphatic rings. The zero-order valence-electron chi connectivity index (χ0n) is 13.9. The Kier molecular flexibility index (Phi) is 5.88. The lowest BCUT2D eigenvalue weighted by Crippen LogP contribution is -2.31. The predicted molar refractivity (Wildman–Crippen MR) is 89.4 cm³/mol. The molecule has 1 N–H and O–H groups in total. The first kappa shape index (κ1) is 16.1. The van der Waals surface area contributed by atoms with E-state index >= 15 is 0 Å². The third-order valence-corrected chi connectivity index (χ3v) is 4.27. The molecule has 0 radical (unpaired) electrons. The smallest absolute Gasteiger partial charge is 0.125 e. The molecular weight excluding hydrogens is 262 g/mol. The molecule has 0 aliphatic carbocycles. The molecule has 118 valence electrons. The molecule has 1 atom stereocenters. The summed E-state index contributed by atoms with van der Waals surface area (Å²) in [5, 5.41) is 3.52. The lowest BCUT2D eigenvalue weighted by Gasteiger charge is -2.29. The van der Waals surface area contributed by atoms with Gasteiger partial charge in [-0.15, -0.1) is 0 Å². The number of rotatable bonds is 5. The van der Waals surface area contributed by atoms with Crippen molar-refractivity contribution in [2.24, 2.45) is 0 Å². The van der Waals surface area contributed by atoms with Gasteiger partial charge in [-0.2, -0.15) is 0 Å². The van der Waals surface area contributed by atoms with Gasteiger partial charge in [-0.25, -0.2) is 0 Å². The minimum absolute atomic E-state index is 0.294. The molecule has 4 nitrogen and oxygen atoms in total. The van der Waals surface area contributed by atoms with Gasteiger partial charge in [-0.3, -0.25) is 0 Å². The Morgan fingerprint density at radius 3 is 2.76 bits per heavy atom. The fraction of sp³-hybridized carbons (Fsp3) is 0.647. The Balaban J connectivity index is 2.32. The SMILES string of the molecule is CCNC(C)c1c(OC)cccc1N1CCCN(C)CC1. The maximum absolute atomic E-state index is 5.62. The van der Waals surface area contributed by atoms with Crippen molar-refractivity contribution in [1.29, 1.82) is 0 Å². The van der Waals surface area contributed by atoms with Gasteiger partial charge < -0.3 is 19.9 Å². The second kappa shape index (κ2) is 7.66. The number of anilines is 1. The third-order valence-electron chi connectivity index (χ3n) is 4.27. The standard InChI is InChI=1S/C17H29N3O/c1-5-18-14(2)17-15(8-6-9-16(17)21-4)20-11-7-10-19(3)12-13-20/h6,8-9,14,18H,5,7,10-13H2,1-4H3. The number of hydrogen-bond acceptors (Lipinski definition) is 4. The molecule has 1 saturated heterocycles. The van der Waals surface area contributed by atoms with E-state index in [-0.39, 0.29) is 0 Å². The zero-order valence-corrected chi connectivity index (χ0v) is 13.9. The molecule has 2 rings (SSSR count). The highest BCUT2D eigenvalue weighted by atomic mass is 16.5. The average Bonchev–Trinajstić information content (AvgIpc) is 2.71. The number of hydrogen-bond donors (Lipinski definition) is 1. The van der Waals surface area contributed by atoms with E-state index in [9.17, 15) is 0 Å². The van der Waals surface area contributed by atoms with Gasteiger partial charge in [-0.05, 0) is 45.6 Å². The van der Waals surface area contributed by atoms with E-state index < -0.39 is 0 Å². The quantitative estimate of drug-likeness (QED) is 0.902. The molecule has 1 aromatic carbocycles. The van der Waals surface area contributed by atoms with Crippen LogP contribution in [0.4, 0.5) is 5.69 Å². The van der Waals surface area contributed by atoms with E-state index in [1.54, 1.807) is 7.11 Å². The average molecular weight is 291 g/mol. The van der Waals surface area contributed by atoms with Gasteiger partial charge in [-0.1, -0.05) is 13.0 Å². The fourth-order valence-electron chi connectivity index (χ4n) is 3.12. The summed E-state index contributed by atoms with van der Waals surface area (Å²) < 4.78 is 5.62. The van der Waals surface area contributed by atoms with Gasteiger partial charge in [0, 0.05) is 36.9 Å². The molecule has 21 heavy (non-hydrogen) atoms. The predicted octanol–water partition coefficient (Wildman–Crippen LogP) is 2.51. The van der Waals surface area contributed by atoms with Crippen LogP contribution >= 0.6 is 0 Å². The molecule has 0 amide bonds. The molecule has 0 bridgehead atoms. The van der Waals surface area contributed by atoms with Crippen LogP contribution in [0.1, 0.15) is 31.9 Å². The number of benzene rings is 1. The highest BCUT2D eigenvalue weighted by Gasteiger charge is 2.21. The van der Waals surface area contributed by atoms with E-state index in [2.05, 4.69) is 54.2 Å². The Labute approximate surface area is 129 Å². The first-order valence-corrected chi connectivity index (χ1v) is 8.01. The number of nitrogens with one attached hydrogen (secondary N) is 1. The number of methoxy groups -OCH3 is 1. The number of likely N-dealkylation sites (N-methyl/N-ethyl adjacent to an activating group) is 1. The molecule has 0 saturated carbocycles. The zero-order chi connectivity index (χ0) is 15.2. The second-order valence-electron chi connectivity index (χ2n) is 5.82. The van der Waals surface area contributed by atoms with Gasteiger partial charge >= 0.3 is 0 Å². The molecule has 1 heterocycles. The third kappa shape index (κ3) is 3.89. The molecule has 0 spiro atoms. The molecule has 1 unspecified atom stereocenters. The first-order valence-electron chi connectivity index (χ1n) is 8.01. The van der Waals surface area contributed by atoms with E-state index in [1.165, 1.54) is 24.2 Å². The van der Waals surface area contributed by atoms with Crippen molar-refractivity contribution >= 4 is 5.69 Å². The van der Waals surface area contributed by atoms with E-state index in [0.717, 1.165) is 31.9 Å². The van der Waals surface area contributed by atoms with E-state index in [1.807, 2.05) is 0 Å². The van der Waals surface area contributed by atoms with Crippen molar-refractivity contribution in [3.05, 3.63) is 23.8 Å². The van der Waals surface area contributed by atoms with Crippen LogP contribution in [0.2, 0.25) is 0 Å². The Hall–Kier alpha value is -1.26. The monoisotopic (exact) mass is 291 g/mol. The summed E-state index contributed by atoms with van der Waals surface area (Å²) in [6, 6.07) is 6.70. The molecular formula is C17H29N3O. The molecule has 4 heteroatoms. The van der Waals surface area contributed by atoms with E-state index in [0.29, 0.717) is 6.04 Å². The van der Waals surface area contributed by atoms with Gasteiger partial charge in [0.15, 0.2) is 0 Å². The van der Waals surface area contributed by atoms with Crippen LogP contribution in [0.3, 0.4) is 0 Å².